The van der Waals surface area contributed by atoms with E-state index in [0.29, 0.717) is 34.4 Å². The third-order valence-electron chi connectivity index (χ3n) is 9.37. The van der Waals surface area contributed by atoms with Gasteiger partial charge in [0.15, 0.2) is 5.78 Å². The second kappa shape index (κ2) is 11.2. The summed E-state index contributed by atoms with van der Waals surface area (Å²) in [6.07, 6.45) is 2.00. The van der Waals surface area contributed by atoms with Crippen molar-refractivity contribution < 1.29 is 19.4 Å². The number of carboxylic acids is 1. The van der Waals surface area contributed by atoms with Gasteiger partial charge >= 0.3 is 5.97 Å². The Hall–Kier alpha value is -3.19. The Labute approximate surface area is 246 Å². The molecule has 3 aliphatic rings. The second-order valence-corrected chi connectivity index (χ2v) is 13.2. The number of benzene rings is 1. The molecule has 2 aromatic rings. The number of hydrogen-bond donors (Lipinski definition) is 1. The summed E-state index contributed by atoms with van der Waals surface area (Å²) in [4.78, 5) is 35.5. The summed E-state index contributed by atoms with van der Waals surface area (Å²) in [5.74, 6) is 0.924. The van der Waals surface area contributed by atoms with Gasteiger partial charge in [0.05, 0.1) is 17.1 Å². The van der Waals surface area contributed by atoms with Crippen LogP contribution in [-0.4, -0.2) is 89.6 Å². The SMILES string of the molecule is CC1(C)C(CC(=O)c2ccc(N3CCN(C4CN(CC(=O)O)C4)CC3)nc2)C(C)(C)C1Oc1ccc(C#N)c(Cl)c1. The van der Waals surface area contributed by atoms with Crippen molar-refractivity contribution in [2.45, 2.75) is 46.3 Å². The van der Waals surface area contributed by atoms with Crippen LogP contribution in [0.1, 0.15) is 50.0 Å². The third kappa shape index (κ3) is 5.78. The predicted octanol–water partition coefficient (Wildman–Crippen LogP) is 4.20. The largest absolute Gasteiger partial charge is 0.489 e. The first-order valence-corrected chi connectivity index (χ1v) is 14.6. The maximum Gasteiger partial charge on any atom is 0.317 e. The van der Waals surface area contributed by atoms with E-state index in [1.54, 1.807) is 24.4 Å². The molecular formula is C31H38ClN5O4. The Morgan fingerprint density at radius 2 is 1.78 bits per heavy atom. The van der Waals surface area contributed by atoms with Crippen LogP contribution in [0.25, 0.3) is 0 Å². The second-order valence-electron chi connectivity index (χ2n) is 12.7. The van der Waals surface area contributed by atoms with Crippen molar-refractivity contribution in [3.05, 3.63) is 52.7 Å². The van der Waals surface area contributed by atoms with E-state index < -0.39 is 5.97 Å². The van der Waals surface area contributed by atoms with Crippen LogP contribution in [0.3, 0.4) is 0 Å². The van der Waals surface area contributed by atoms with E-state index in [-0.39, 0.29) is 35.2 Å². The molecule has 5 rings (SSSR count). The van der Waals surface area contributed by atoms with E-state index in [2.05, 4.69) is 48.5 Å². The van der Waals surface area contributed by atoms with Gasteiger partial charge in [-0.2, -0.15) is 5.26 Å². The van der Waals surface area contributed by atoms with Crippen LogP contribution < -0.4 is 9.64 Å². The fourth-order valence-corrected chi connectivity index (χ4v) is 7.48. The van der Waals surface area contributed by atoms with Crippen molar-refractivity contribution >= 4 is 29.2 Å². The maximum absolute atomic E-state index is 13.4. The number of aliphatic carboxylic acids is 1. The highest BCUT2D eigenvalue weighted by molar-refractivity contribution is 6.31. The molecule has 1 saturated carbocycles. The average Bonchev–Trinajstić information content (AvgIpc) is 2.92. The number of aromatic nitrogens is 1. The molecule has 0 radical (unpaired) electrons. The molecule has 218 valence electrons. The Morgan fingerprint density at radius 1 is 1.10 bits per heavy atom. The van der Waals surface area contributed by atoms with Crippen LogP contribution >= 0.6 is 11.6 Å². The molecule has 0 spiro atoms. The number of nitrogens with zero attached hydrogens (tertiary/aromatic N) is 5. The first-order valence-electron chi connectivity index (χ1n) is 14.2. The molecule has 0 amide bonds. The summed E-state index contributed by atoms with van der Waals surface area (Å²) in [6.45, 7) is 13.8. The van der Waals surface area contributed by atoms with Gasteiger partial charge in [-0.1, -0.05) is 39.3 Å². The zero-order chi connectivity index (χ0) is 29.5. The number of piperazine rings is 1. The van der Waals surface area contributed by atoms with Crippen molar-refractivity contribution in [1.82, 2.24) is 14.8 Å². The van der Waals surface area contributed by atoms with Crippen molar-refractivity contribution in [2.24, 2.45) is 16.7 Å². The fraction of sp³-hybridized carbons (Fsp3) is 0.548. The minimum absolute atomic E-state index is 0.0794. The minimum atomic E-state index is -0.773. The summed E-state index contributed by atoms with van der Waals surface area (Å²) in [6, 6.07) is 11.4. The molecular weight excluding hydrogens is 542 g/mol. The lowest BCUT2D eigenvalue weighted by molar-refractivity contribution is -0.196. The molecule has 1 aromatic carbocycles. The highest BCUT2D eigenvalue weighted by Gasteiger charge is 2.63. The first kappa shape index (κ1) is 29.3. The molecule has 0 atom stereocenters. The highest BCUT2D eigenvalue weighted by Crippen LogP contribution is 2.61. The van der Waals surface area contributed by atoms with Crippen LogP contribution in [0.4, 0.5) is 5.82 Å². The van der Waals surface area contributed by atoms with Crippen molar-refractivity contribution in [3.63, 3.8) is 0 Å². The predicted molar refractivity (Wildman–Crippen MR) is 156 cm³/mol. The van der Waals surface area contributed by atoms with Gasteiger partial charge in [0, 0.05) is 80.4 Å². The van der Waals surface area contributed by atoms with Crippen LogP contribution in [0.5, 0.6) is 5.75 Å². The first-order chi connectivity index (χ1) is 19.4. The van der Waals surface area contributed by atoms with Crippen LogP contribution in [0, 0.1) is 28.1 Å². The highest BCUT2D eigenvalue weighted by atomic mass is 35.5. The lowest BCUT2D eigenvalue weighted by Gasteiger charge is -2.63. The molecule has 0 unspecified atom stereocenters. The van der Waals surface area contributed by atoms with E-state index in [1.165, 1.54) is 0 Å². The number of likely N-dealkylation sites (tertiary alicyclic amines) is 1. The van der Waals surface area contributed by atoms with Gasteiger partial charge in [-0.15, -0.1) is 0 Å². The molecule has 0 bridgehead atoms. The quantitative estimate of drug-likeness (QED) is 0.437. The van der Waals surface area contributed by atoms with E-state index in [0.717, 1.165) is 45.1 Å². The zero-order valence-electron chi connectivity index (χ0n) is 24.1. The van der Waals surface area contributed by atoms with Gasteiger partial charge in [0.2, 0.25) is 0 Å². The molecule has 1 aromatic heterocycles. The number of Topliss-reactive ketones (excluding diaryl/α,β-unsaturated/α-hetero) is 1. The third-order valence-corrected chi connectivity index (χ3v) is 9.69. The van der Waals surface area contributed by atoms with Gasteiger partial charge in [0.1, 0.15) is 23.7 Å². The summed E-state index contributed by atoms with van der Waals surface area (Å²) in [7, 11) is 0. The topological polar surface area (TPSA) is 110 Å². The Bertz CT molecular complexity index is 1330. The van der Waals surface area contributed by atoms with E-state index in [4.69, 9.17) is 26.7 Å². The summed E-state index contributed by atoms with van der Waals surface area (Å²) in [5.41, 5.74) is 0.557. The lowest BCUT2D eigenvalue weighted by Crippen LogP contribution is -2.66. The normalized spacial score (nSPS) is 24.1. The van der Waals surface area contributed by atoms with Crippen LogP contribution in [0.15, 0.2) is 36.5 Å². The van der Waals surface area contributed by atoms with E-state index in [9.17, 15) is 9.59 Å². The monoisotopic (exact) mass is 579 g/mol. The molecule has 10 heteroatoms. The number of pyridine rings is 1. The van der Waals surface area contributed by atoms with Crippen molar-refractivity contribution in [1.29, 1.82) is 5.26 Å². The molecule has 3 heterocycles. The van der Waals surface area contributed by atoms with Crippen molar-refractivity contribution in [2.75, 3.05) is 50.7 Å². The number of hydrogen-bond acceptors (Lipinski definition) is 8. The summed E-state index contributed by atoms with van der Waals surface area (Å²) in [5, 5.41) is 18.5. The zero-order valence-corrected chi connectivity index (χ0v) is 24.9. The average molecular weight is 580 g/mol. The smallest absolute Gasteiger partial charge is 0.317 e. The van der Waals surface area contributed by atoms with E-state index in [1.807, 2.05) is 17.0 Å². The molecule has 1 N–H and O–H groups in total. The summed E-state index contributed by atoms with van der Waals surface area (Å²) >= 11 is 6.21. The summed E-state index contributed by atoms with van der Waals surface area (Å²) < 4.78 is 6.36. The van der Waals surface area contributed by atoms with Gasteiger partial charge in [-0.05, 0) is 30.2 Å². The number of carboxylic acid groups (broad SMARTS) is 1. The standard InChI is InChI=1S/C31H38ClN5O4/c1-30(2)26(31(3,4)29(30)41-23-7-5-20(15-33)24(32)13-23)14-25(38)21-6-8-27(34-16-21)37-11-9-36(10-12-37)22-17-35(18-22)19-28(39)40/h5-8,13,16,22,26,29H,9-12,14,17-19H2,1-4H3,(H,39,40). The number of halogens is 1. The van der Waals surface area contributed by atoms with Gasteiger partial charge < -0.3 is 14.7 Å². The molecule has 9 nitrogen and oxygen atoms in total. The Balaban J connectivity index is 1.14. The van der Waals surface area contributed by atoms with Gasteiger partial charge in [0.25, 0.3) is 0 Å². The Kier molecular flexibility index (Phi) is 8.03. The minimum Gasteiger partial charge on any atom is -0.489 e. The number of carbonyl (C=O) groups is 2. The number of rotatable bonds is 9. The van der Waals surface area contributed by atoms with E-state index >= 15 is 0 Å². The number of ketones is 1. The molecule has 3 fully saturated rings. The van der Waals surface area contributed by atoms with Crippen molar-refractivity contribution in [3.8, 4) is 11.8 Å². The fourth-order valence-electron chi connectivity index (χ4n) is 7.26. The number of carbonyl (C=O) groups excluding carboxylic acids is 1. The van der Waals surface area contributed by atoms with Gasteiger partial charge in [-0.3, -0.25) is 19.4 Å². The molecule has 41 heavy (non-hydrogen) atoms. The lowest BCUT2D eigenvalue weighted by atomic mass is 9.44. The van der Waals surface area contributed by atoms with Crippen LogP contribution in [-0.2, 0) is 4.79 Å². The van der Waals surface area contributed by atoms with Gasteiger partial charge in [-0.25, -0.2) is 4.98 Å². The number of anilines is 1. The molecule has 1 aliphatic carbocycles. The number of ether oxygens (including phenoxy) is 1. The van der Waals surface area contributed by atoms with Crippen LogP contribution in [0.2, 0.25) is 5.02 Å². The molecule has 2 saturated heterocycles. The molecule has 2 aliphatic heterocycles. The maximum atomic E-state index is 13.4. The Morgan fingerprint density at radius 3 is 2.34 bits per heavy atom. The number of nitriles is 1.